The molecule has 0 fully saturated rings. The Balaban J connectivity index is 1.96. The number of anilines is 1. The van der Waals surface area contributed by atoms with Crippen LogP contribution in [0, 0.1) is 13.8 Å². The number of benzene rings is 2. The van der Waals surface area contributed by atoms with Crippen LogP contribution in [0.2, 0.25) is 0 Å². The number of aryl methyl sites for hydroxylation is 2. The zero-order valence-corrected chi connectivity index (χ0v) is 21.8. The zero-order chi connectivity index (χ0) is 24.3. The van der Waals surface area contributed by atoms with Crippen molar-refractivity contribution in [3.63, 3.8) is 0 Å². The van der Waals surface area contributed by atoms with Crippen LogP contribution in [-0.2, 0) is 10.0 Å². The molecule has 33 heavy (non-hydrogen) atoms. The van der Waals surface area contributed by atoms with Gasteiger partial charge < -0.3 is 4.90 Å². The second-order valence-electron chi connectivity index (χ2n) is 8.27. The van der Waals surface area contributed by atoms with E-state index in [0.29, 0.717) is 36.9 Å². The predicted molar refractivity (Wildman–Crippen MR) is 136 cm³/mol. The minimum absolute atomic E-state index is 0.188. The highest BCUT2D eigenvalue weighted by Gasteiger charge is 2.24. The molecule has 9 heteroatoms. The summed E-state index contributed by atoms with van der Waals surface area (Å²) in [6, 6.07) is 10.3. The fourth-order valence-electron chi connectivity index (χ4n) is 3.51. The van der Waals surface area contributed by atoms with Crippen LogP contribution >= 0.6 is 11.3 Å². The number of hydrogen-bond donors (Lipinski definition) is 0. The van der Waals surface area contributed by atoms with Gasteiger partial charge in [0, 0.05) is 31.7 Å². The highest BCUT2D eigenvalue weighted by Crippen LogP contribution is 2.31. The van der Waals surface area contributed by atoms with Crippen LogP contribution < -0.4 is 4.90 Å². The van der Waals surface area contributed by atoms with Crippen molar-refractivity contribution in [1.82, 2.24) is 14.2 Å². The summed E-state index contributed by atoms with van der Waals surface area (Å²) in [5, 5.41) is 0.640. The Morgan fingerprint density at radius 1 is 0.970 bits per heavy atom. The first-order valence-electron chi connectivity index (χ1n) is 11.0. The van der Waals surface area contributed by atoms with Gasteiger partial charge in [0.2, 0.25) is 10.0 Å². The second-order valence-corrected chi connectivity index (χ2v) is 11.2. The van der Waals surface area contributed by atoms with Crippen molar-refractivity contribution in [1.29, 1.82) is 0 Å². The number of carbonyl (C=O) groups is 1. The maximum atomic E-state index is 13.5. The van der Waals surface area contributed by atoms with Crippen molar-refractivity contribution in [2.75, 3.05) is 45.2 Å². The molecule has 7 nitrogen and oxygen atoms in total. The summed E-state index contributed by atoms with van der Waals surface area (Å²) in [7, 11) is 0.346. The number of nitrogens with zero attached hydrogens (tertiary/aromatic N) is 4. The number of thiazole rings is 1. The van der Waals surface area contributed by atoms with Gasteiger partial charge in [-0.2, -0.15) is 4.31 Å². The van der Waals surface area contributed by atoms with Crippen LogP contribution in [0.15, 0.2) is 41.3 Å². The minimum Gasteiger partial charge on any atom is -0.308 e. The van der Waals surface area contributed by atoms with E-state index in [1.54, 1.807) is 17.0 Å². The molecule has 0 unspecified atom stereocenters. The molecule has 1 aromatic heterocycles. The molecular formula is C24H32N4O3S2. The number of hydrogen-bond acceptors (Lipinski definition) is 6. The van der Waals surface area contributed by atoms with Gasteiger partial charge in [-0.05, 0) is 75.5 Å². The molecule has 0 radical (unpaired) electrons. The summed E-state index contributed by atoms with van der Waals surface area (Å²) < 4.78 is 28.0. The van der Waals surface area contributed by atoms with Gasteiger partial charge in [0.1, 0.15) is 0 Å². The fraction of sp³-hybridized carbons (Fsp3) is 0.417. The smallest absolute Gasteiger partial charge is 0.260 e. The first-order chi connectivity index (χ1) is 15.6. The third-order valence-corrected chi connectivity index (χ3v) is 8.79. The van der Waals surface area contributed by atoms with Crippen molar-refractivity contribution in [2.24, 2.45) is 0 Å². The molecule has 0 saturated carbocycles. The van der Waals surface area contributed by atoms with Crippen LogP contribution in [0.4, 0.5) is 5.13 Å². The Bertz CT molecular complexity index is 1190. The van der Waals surface area contributed by atoms with Crippen molar-refractivity contribution in [3.8, 4) is 0 Å². The topological polar surface area (TPSA) is 73.8 Å². The molecule has 3 rings (SSSR count). The van der Waals surface area contributed by atoms with E-state index >= 15 is 0 Å². The van der Waals surface area contributed by atoms with Gasteiger partial charge in [0.25, 0.3) is 5.91 Å². The number of aromatic nitrogens is 1. The first-order valence-corrected chi connectivity index (χ1v) is 13.3. The lowest BCUT2D eigenvalue weighted by Gasteiger charge is -2.22. The molecule has 0 N–H and O–H groups in total. The van der Waals surface area contributed by atoms with E-state index in [-0.39, 0.29) is 10.8 Å². The molecule has 1 heterocycles. The standard InChI is InChI=1S/C24H32N4O3S2/c1-7-27(8-2)33(30,31)20-11-9-19(10-12-20)23(29)28(14-13-26(5)6)24-25-21-15-17(3)18(4)16-22(21)32-24/h9-12,15-16H,7-8,13-14H2,1-6H3. The molecule has 0 aliphatic carbocycles. The highest BCUT2D eigenvalue weighted by molar-refractivity contribution is 7.89. The van der Waals surface area contributed by atoms with E-state index in [9.17, 15) is 13.2 Å². The van der Waals surface area contributed by atoms with Gasteiger partial charge >= 0.3 is 0 Å². The van der Waals surface area contributed by atoms with Gasteiger partial charge in [-0.1, -0.05) is 25.2 Å². The summed E-state index contributed by atoms with van der Waals surface area (Å²) in [6.45, 7) is 9.68. The number of likely N-dealkylation sites (N-methyl/N-ethyl adjacent to an activating group) is 1. The summed E-state index contributed by atoms with van der Waals surface area (Å²) in [5.74, 6) is -0.198. The van der Waals surface area contributed by atoms with Crippen molar-refractivity contribution in [3.05, 3.63) is 53.1 Å². The van der Waals surface area contributed by atoms with Crippen molar-refractivity contribution < 1.29 is 13.2 Å². The third kappa shape index (κ3) is 5.43. The molecular weight excluding hydrogens is 456 g/mol. The van der Waals surface area contributed by atoms with Gasteiger partial charge in [-0.25, -0.2) is 13.4 Å². The van der Waals surface area contributed by atoms with E-state index in [1.807, 2.05) is 38.9 Å². The molecule has 0 saturated heterocycles. The number of carbonyl (C=O) groups excluding carboxylic acids is 1. The summed E-state index contributed by atoms with van der Waals surface area (Å²) in [6.07, 6.45) is 0. The van der Waals surface area contributed by atoms with Crippen LogP contribution in [-0.4, -0.2) is 68.8 Å². The molecule has 0 spiro atoms. The van der Waals surface area contributed by atoms with E-state index < -0.39 is 10.0 Å². The highest BCUT2D eigenvalue weighted by atomic mass is 32.2. The summed E-state index contributed by atoms with van der Waals surface area (Å²) in [5.41, 5.74) is 3.66. The predicted octanol–water partition coefficient (Wildman–Crippen LogP) is 4.15. The minimum atomic E-state index is -3.57. The second kappa shape index (κ2) is 10.3. The number of sulfonamides is 1. The van der Waals surface area contributed by atoms with Gasteiger partial charge in [0.05, 0.1) is 15.1 Å². The molecule has 2 aromatic carbocycles. The number of fused-ring (bicyclic) bond motifs is 1. The van der Waals surface area contributed by atoms with E-state index in [1.165, 1.54) is 33.3 Å². The van der Waals surface area contributed by atoms with Crippen molar-refractivity contribution >= 4 is 42.6 Å². The molecule has 178 valence electrons. The SMILES string of the molecule is CCN(CC)S(=O)(=O)c1ccc(C(=O)N(CCN(C)C)c2nc3cc(C)c(C)cc3s2)cc1. The Labute approximate surface area is 200 Å². The lowest BCUT2D eigenvalue weighted by atomic mass is 10.1. The number of rotatable bonds is 9. The van der Waals surface area contributed by atoms with E-state index in [4.69, 9.17) is 4.98 Å². The Morgan fingerprint density at radius 3 is 2.15 bits per heavy atom. The average Bonchev–Trinajstić information content (AvgIpc) is 3.16. The summed E-state index contributed by atoms with van der Waals surface area (Å²) in [4.78, 5) is 22.1. The van der Waals surface area contributed by atoms with Crippen LogP contribution in [0.3, 0.4) is 0 Å². The Morgan fingerprint density at radius 2 is 1.58 bits per heavy atom. The number of amides is 1. The van der Waals surface area contributed by atoms with Crippen LogP contribution in [0.5, 0.6) is 0 Å². The normalized spacial score (nSPS) is 12.1. The maximum Gasteiger partial charge on any atom is 0.260 e. The van der Waals surface area contributed by atoms with E-state index in [0.717, 1.165) is 15.8 Å². The van der Waals surface area contributed by atoms with E-state index in [2.05, 4.69) is 19.9 Å². The molecule has 0 atom stereocenters. The molecule has 0 aliphatic rings. The molecule has 0 aliphatic heterocycles. The third-order valence-electron chi connectivity index (χ3n) is 5.68. The fourth-order valence-corrected chi connectivity index (χ4v) is 6.03. The lowest BCUT2D eigenvalue weighted by molar-refractivity contribution is 0.0985. The Hall–Kier alpha value is -2.33. The zero-order valence-electron chi connectivity index (χ0n) is 20.1. The van der Waals surface area contributed by atoms with Crippen LogP contribution in [0.25, 0.3) is 10.2 Å². The Kier molecular flexibility index (Phi) is 7.89. The first kappa shape index (κ1) is 25.3. The maximum absolute atomic E-state index is 13.5. The average molecular weight is 489 g/mol. The molecule has 1 amide bonds. The molecule has 0 bridgehead atoms. The largest absolute Gasteiger partial charge is 0.308 e. The van der Waals surface area contributed by atoms with Crippen molar-refractivity contribution in [2.45, 2.75) is 32.6 Å². The van der Waals surface area contributed by atoms with Crippen LogP contribution in [0.1, 0.15) is 35.3 Å². The lowest BCUT2D eigenvalue weighted by Crippen LogP contribution is -2.36. The van der Waals surface area contributed by atoms with Gasteiger partial charge in [-0.15, -0.1) is 0 Å². The monoisotopic (exact) mass is 488 g/mol. The summed E-state index contributed by atoms with van der Waals surface area (Å²) >= 11 is 1.49. The quantitative estimate of drug-likeness (QED) is 0.452. The van der Waals surface area contributed by atoms with Gasteiger partial charge in [0.15, 0.2) is 5.13 Å². The molecule has 3 aromatic rings. The van der Waals surface area contributed by atoms with Gasteiger partial charge in [-0.3, -0.25) is 9.69 Å².